The molecular formula is C32H41N7O3. The predicted molar refractivity (Wildman–Crippen MR) is 167 cm³/mol. The van der Waals surface area contributed by atoms with Crippen LogP contribution in [0.4, 0.5) is 22.2 Å². The number of hydrogen-bond donors (Lipinski definition) is 2. The van der Waals surface area contributed by atoms with Gasteiger partial charge in [-0.2, -0.15) is 4.98 Å². The van der Waals surface area contributed by atoms with Crippen molar-refractivity contribution in [2.24, 2.45) is 0 Å². The Morgan fingerprint density at radius 1 is 1.10 bits per heavy atom. The Kier molecular flexibility index (Phi) is 11.3. The Bertz CT molecular complexity index is 1410. The lowest BCUT2D eigenvalue weighted by atomic mass is 10.1. The minimum absolute atomic E-state index is 0.336. The fourth-order valence-electron chi connectivity index (χ4n) is 3.88. The Hall–Kier alpha value is -4.65. The molecule has 222 valence electrons. The van der Waals surface area contributed by atoms with Crippen molar-refractivity contribution in [1.29, 1.82) is 0 Å². The number of nitrogens with zero attached hydrogens (tertiary/aromatic N) is 5. The summed E-state index contributed by atoms with van der Waals surface area (Å²) in [5.74, 6) is 7.33. The normalized spacial score (nSPS) is 11.5. The van der Waals surface area contributed by atoms with Crippen LogP contribution in [0.3, 0.4) is 0 Å². The fourth-order valence-corrected chi connectivity index (χ4v) is 3.88. The van der Waals surface area contributed by atoms with Crippen molar-refractivity contribution in [3.63, 3.8) is 0 Å². The van der Waals surface area contributed by atoms with E-state index in [4.69, 9.17) is 9.72 Å². The van der Waals surface area contributed by atoms with E-state index in [0.717, 1.165) is 25.2 Å². The van der Waals surface area contributed by atoms with Gasteiger partial charge in [0.05, 0.1) is 11.8 Å². The second kappa shape index (κ2) is 14.8. The molecule has 3 aromatic rings. The van der Waals surface area contributed by atoms with Crippen LogP contribution < -0.4 is 15.5 Å². The molecule has 0 unspecified atom stereocenters. The highest BCUT2D eigenvalue weighted by Gasteiger charge is 2.27. The molecule has 2 heterocycles. The van der Waals surface area contributed by atoms with Crippen molar-refractivity contribution in [2.45, 2.75) is 59.1 Å². The van der Waals surface area contributed by atoms with Crippen LogP contribution in [0.5, 0.6) is 0 Å². The molecule has 0 spiro atoms. The maximum atomic E-state index is 12.9. The first-order valence-corrected chi connectivity index (χ1v) is 14.1. The molecule has 0 fully saturated rings. The first-order valence-electron chi connectivity index (χ1n) is 14.1. The number of ether oxygens (including phenoxy) is 1. The topological polar surface area (TPSA) is 113 Å². The van der Waals surface area contributed by atoms with Crippen LogP contribution in [0.2, 0.25) is 0 Å². The van der Waals surface area contributed by atoms with Gasteiger partial charge in [0, 0.05) is 50.8 Å². The van der Waals surface area contributed by atoms with Gasteiger partial charge in [-0.3, -0.25) is 14.7 Å². The van der Waals surface area contributed by atoms with Crippen LogP contribution in [0.15, 0.2) is 55.0 Å². The molecule has 0 aliphatic rings. The molecule has 3 rings (SSSR count). The number of nitrogens with one attached hydrogen (secondary N) is 2. The summed E-state index contributed by atoms with van der Waals surface area (Å²) in [6.07, 6.45) is 6.53. The summed E-state index contributed by atoms with van der Waals surface area (Å²) >= 11 is 0. The molecule has 0 saturated carbocycles. The third kappa shape index (κ3) is 9.77. The van der Waals surface area contributed by atoms with Crippen molar-refractivity contribution >= 4 is 29.5 Å². The molecule has 0 aliphatic heterocycles. The van der Waals surface area contributed by atoms with Gasteiger partial charge in [-0.25, -0.2) is 9.78 Å². The minimum Gasteiger partial charge on any atom is -0.444 e. The fraction of sp³-hybridized carbons (Fsp3) is 0.406. The highest BCUT2D eigenvalue weighted by molar-refractivity contribution is 5.96. The summed E-state index contributed by atoms with van der Waals surface area (Å²) in [4.78, 5) is 41.9. The van der Waals surface area contributed by atoms with E-state index in [1.807, 2.05) is 31.3 Å². The van der Waals surface area contributed by atoms with Gasteiger partial charge in [-0.05, 0) is 76.4 Å². The molecule has 0 radical (unpaired) electrons. The second-order valence-corrected chi connectivity index (χ2v) is 11.0. The molecule has 2 amide bonds. The molecule has 0 saturated heterocycles. The number of carbonyl (C=O) groups is 2. The van der Waals surface area contributed by atoms with Gasteiger partial charge in [0.2, 0.25) is 11.9 Å². The molecule has 42 heavy (non-hydrogen) atoms. The summed E-state index contributed by atoms with van der Waals surface area (Å²) in [6, 6.07) is 10.5. The largest absolute Gasteiger partial charge is 0.444 e. The Labute approximate surface area is 248 Å². The minimum atomic E-state index is -0.736. The standard InChI is InChI=1S/C32H41N7O3/c1-8-20-38(6)28-26(22-35-30(37-28)34-19-16-24-14-17-33-18-15-24)13-12-25-10-9-11-27(21-25)36-29(40)23(2)39(7)31(41)42-32(3,4)5/h9-11,14-15,17-18,21-23H,8,16,19-20H2,1-7H3,(H,36,40)(H,34,35,37)/t23-/m0/s1. The third-order valence-electron chi connectivity index (χ3n) is 6.25. The van der Waals surface area contributed by atoms with Gasteiger partial charge < -0.3 is 20.3 Å². The number of benzene rings is 1. The quantitative estimate of drug-likeness (QED) is 0.328. The van der Waals surface area contributed by atoms with E-state index in [9.17, 15) is 9.59 Å². The SMILES string of the molecule is CCCN(C)c1nc(NCCc2ccncc2)ncc1C#Cc1cccc(NC(=O)[C@H](C)N(C)C(=O)OC(C)(C)C)c1. The van der Waals surface area contributed by atoms with Crippen LogP contribution in [-0.2, 0) is 16.0 Å². The zero-order valence-electron chi connectivity index (χ0n) is 25.6. The summed E-state index contributed by atoms with van der Waals surface area (Å²) in [5.41, 5.74) is 2.52. The number of aromatic nitrogens is 3. The number of hydrogen-bond acceptors (Lipinski definition) is 8. The molecule has 2 N–H and O–H groups in total. The van der Waals surface area contributed by atoms with E-state index in [1.54, 1.807) is 58.4 Å². The zero-order chi connectivity index (χ0) is 30.7. The second-order valence-electron chi connectivity index (χ2n) is 11.0. The zero-order valence-corrected chi connectivity index (χ0v) is 25.6. The lowest BCUT2D eigenvalue weighted by Gasteiger charge is -2.28. The lowest BCUT2D eigenvalue weighted by Crippen LogP contribution is -2.45. The maximum Gasteiger partial charge on any atom is 0.410 e. The molecule has 2 aromatic heterocycles. The average Bonchev–Trinajstić information content (AvgIpc) is 2.95. The Balaban J connectivity index is 1.72. The first-order chi connectivity index (χ1) is 20.0. The van der Waals surface area contributed by atoms with Gasteiger partial charge in [0.25, 0.3) is 0 Å². The van der Waals surface area contributed by atoms with Crippen LogP contribution in [0.25, 0.3) is 0 Å². The lowest BCUT2D eigenvalue weighted by molar-refractivity contribution is -0.120. The molecule has 1 atom stereocenters. The van der Waals surface area contributed by atoms with Crippen LogP contribution >= 0.6 is 0 Å². The highest BCUT2D eigenvalue weighted by atomic mass is 16.6. The van der Waals surface area contributed by atoms with Gasteiger partial charge in [0.15, 0.2) is 0 Å². The number of anilines is 3. The molecule has 1 aromatic carbocycles. The smallest absolute Gasteiger partial charge is 0.410 e. The number of carbonyl (C=O) groups excluding carboxylic acids is 2. The van der Waals surface area contributed by atoms with Crippen molar-refractivity contribution in [2.75, 3.05) is 42.7 Å². The van der Waals surface area contributed by atoms with Crippen LogP contribution in [0.1, 0.15) is 57.7 Å². The van der Waals surface area contributed by atoms with Crippen molar-refractivity contribution in [1.82, 2.24) is 19.9 Å². The summed E-state index contributed by atoms with van der Waals surface area (Å²) < 4.78 is 5.37. The summed E-state index contributed by atoms with van der Waals surface area (Å²) in [5, 5.41) is 6.17. The van der Waals surface area contributed by atoms with Crippen molar-refractivity contribution in [3.8, 4) is 11.8 Å². The van der Waals surface area contributed by atoms with E-state index in [-0.39, 0.29) is 5.91 Å². The van der Waals surface area contributed by atoms with E-state index in [0.29, 0.717) is 29.3 Å². The van der Waals surface area contributed by atoms with E-state index >= 15 is 0 Å². The first kappa shape index (κ1) is 31.9. The molecular weight excluding hydrogens is 530 g/mol. The van der Waals surface area contributed by atoms with Gasteiger partial charge in [-0.15, -0.1) is 0 Å². The number of rotatable bonds is 10. The van der Waals surface area contributed by atoms with E-state index in [1.165, 1.54) is 17.5 Å². The molecule has 10 heteroatoms. The molecule has 0 bridgehead atoms. The van der Waals surface area contributed by atoms with Gasteiger partial charge in [0.1, 0.15) is 17.5 Å². The monoisotopic (exact) mass is 571 g/mol. The predicted octanol–water partition coefficient (Wildman–Crippen LogP) is 4.97. The highest BCUT2D eigenvalue weighted by Crippen LogP contribution is 2.19. The maximum absolute atomic E-state index is 12.9. The summed E-state index contributed by atoms with van der Waals surface area (Å²) in [7, 11) is 3.53. The average molecular weight is 572 g/mol. The Morgan fingerprint density at radius 3 is 2.52 bits per heavy atom. The van der Waals surface area contributed by atoms with Crippen LogP contribution in [0, 0.1) is 11.8 Å². The number of amides is 2. The summed E-state index contributed by atoms with van der Waals surface area (Å²) in [6.45, 7) is 10.6. The number of likely N-dealkylation sites (N-methyl/N-ethyl adjacent to an activating group) is 1. The number of pyridine rings is 1. The van der Waals surface area contributed by atoms with Crippen LogP contribution in [-0.4, -0.2) is 70.7 Å². The van der Waals surface area contributed by atoms with Crippen molar-refractivity contribution < 1.29 is 14.3 Å². The molecule has 0 aliphatic carbocycles. The van der Waals surface area contributed by atoms with Crippen molar-refractivity contribution in [3.05, 3.63) is 71.7 Å². The van der Waals surface area contributed by atoms with E-state index in [2.05, 4.69) is 44.3 Å². The third-order valence-corrected chi connectivity index (χ3v) is 6.25. The van der Waals surface area contributed by atoms with Gasteiger partial charge in [-0.1, -0.05) is 24.8 Å². The van der Waals surface area contributed by atoms with Gasteiger partial charge >= 0.3 is 6.09 Å². The van der Waals surface area contributed by atoms with E-state index < -0.39 is 17.7 Å². The molecule has 10 nitrogen and oxygen atoms in total. The Morgan fingerprint density at radius 2 is 1.83 bits per heavy atom.